The van der Waals surface area contributed by atoms with Gasteiger partial charge in [-0.2, -0.15) is 0 Å². The highest BCUT2D eigenvalue weighted by molar-refractivity contribution is 8.00. The van der Waals surface area contributed by atoms with Crippen LogP contribution in [0.5, 0.6) is 0 Å². The van der Waals surface area contributed by atoms with E-state index in [-0.39, 0.29) is 11.2 Å². The van der Waals surface area contributed by atoms with Crippen molar-refractivity contribution < 1.29 is 13.9 Å². The Kier molecular flexibility index (Phi) is 11.4. The van der Waals surface area contributed by atoms with Gasteiger partial charge in [0.25, 0.3) is 0 Å². The van der Waals surface area contributed by atoms with Gasteiger partial charge in [0, 0.05) is 0 Å². The molecule has 0 radical (unpaired) electrons. The van der Waals surface area contributed by atoms with E-state index in [1.807, 2.05) is 20.8 Å². The van der Waals surface area contributed by atoms with Crippen molar-refractivity contribution >= 4 is 17.7 Å². The van der Waals surface area contributed by atoms with E-state index in [0.717, 1.165) is 25.0 Å². The van der Waals surface area contributed by atoms with Gasteiger partial charge in [0.15, 0.2) is 0 Å². The molecule has 0 spiro atoms. The number of carbonyl (C=O) groups is 1. The Morgan fingerprint density at radius 2 is 1.95 bits per heavy atom. The van der Waals surface area contributed by atoms with E-state index in [0.29, 0.717) is 25.4 Å². The molecule has 2 nitrogen and oxygen atoms in total. The Labute approximate surface area is 121 Å². The summed E-state index contributed by atoms with van der Waals surface area (Å²) in [6.07, 6.45) is 3.13. The van der Waals surface area contributed by atoms with E-state index in [1.165, 1.54) is 0 Å². The summed E-state index contributed by atoms with van der Waals surface area (Å²) in [5.41, 5.74) is 0. The summed E-state index contributed by atoms with van der Waals surface area (Å²) in [4.78, 5) is 11.9. The third-order valence-electron chi connectivity index (χ3n) is 2.80. The maximum absolute atomic E-state index is 13.1. The van der Waals surface area contributed by atoms with Crippen LogP contribution in [0, 0.1) is 5.92 Å². The van der Waals surface area contributed by atoms with Crippen LogP contribution in [0.2, 0.25) is 0 Å². The maximum Gasteiger partial charge on any atom is 0.319 e. The van der Waals surface area contributed by atoms with Crippen LogP contribution in [0.15, 0.2) is 0 Å². The molecule has 0 amide bonds. The Balaban J connectivity index is 3.93. The number of alkyl halides is 1. The van der Waals surface area contributed by atoms with Crippen molar-refractivity contribution in [2.24, 2.45) is 5.92 Å². The number of rotatable bonds is 11. The van der Waals surface area contributed by atoms with Crippen LogP contribution < -0.4 is 0 Å². The zero-order valence-electron chi connectivity index (χ0n) is 12.8. The quantitative estimate of drug-likeness (QED) is 0.411. The number of halogens is 1. The lowest BCUT2D eigenvalue weighted by atomic mass is 10.2. The average molecular weight is 292 g/mol. The monoisotopic (exact) mass is 292 g/mol. The summed E-state index contributed by atoms with van der Waals surface area (Å²) >= 11 is 1.62. The average Bonchev–Trinajstić information content (AvgIpc) is 2.39. The molecule has 0 bridgehead atoms. The molecule has 0 aromatic heterocycles. The van der Waals surface area contributed by atoms with Crippen molar-refractivity contribution in [3.05, 3.63) is 0 Å². The molecular formula is C15H29FO2S. The summed E-state index contributed by atoms with van der Waals surface area (Å²) < 4.78 is 18.4. The van der Waals surface area contributed by atoms with E-state index in [2.05, 4.69) is 6.92 Å². The second kappa shape index (κ2) is 11.6. The Bertz CT molecular complexity index is 234. The second-order valence-electron chi connectivity index (χ2n) is 5.32. The number of ether oxygens (including phenoxy) is 1. The number of thioether (sulfide) groups is 1. The zero-order valence-corrected chi connectivity index (χ0v) is 13.6. The van der Waals surface area contributed by atoms with Gasteiger partial charge in [0.1, 0.15) is 5.25 Å². The van der Waals surface area contributed by atoms with Crippen LogP contribution in [0.3, 0.4) is 0 Å². The van der Waals surface area contributed by atoms with Crippen molar-refractivity contribution in [2.45, 2.75) is 71.2 Å². The minimum Gasteiger partial charge on any atom is -0.465 e. The third-order valence-corrected chi connectivity index (χ3v) is 4.15. The molecule has 0 aromatic rings. The molecule has 19 heavy (non-hydrogen) atoms. The van der Waals surface area contributed by atoms with Gasteiger partial charge in [0.2, 0.25) is 0 Å². The van der Waals surface area contributed by atoms with Crippen LogP contribution in [0.25, 0.3) is 0 Å². The summed E-state index contributed by atoms with van der Waals surface area (Å²) in [6.45, 7) is 8.48. The summed E-state index contributed by atoms with van der Waals surface area (Å²) in [6, 6.07) is 0. The zero-order chi connectivity index (χ0) is 14.7. The standard InChI is InChI=1S/C15H29FO2S/c1-5-8-14(15(17)18-11-12(3)4)19-10-7-9-13(16)6-2/h12-14H,5-11H2,1-4H3. The first-order valence-corrected chi connectivity index (χ1v) is 8.48. The molecule has 2 atom stereocenters. The van der Waals surface area contributed by atoms with Crippen molar-refractivity contribution in [1.29, 1.82) is 0 Å². The van der Waals surface area contributed by atoms with Crippen molar-refractivity contribution in [1.82, 2.24) is 0 Å². The number of esters is 1. The molecule has 0 aliphatic carbocycles. The lowest BCUT2D eigenvalue weighted by molar-refractivity contribution is -0.144. The molecule has 0 heterocycles. The first kappa shape index (κ1) is 18.8. The van der Waals surface area contributed by atoms with Gasteiger partial charge in [-0.3, -0.25) is 4.79 Å². The summed E-state index contributed by atoms with van der Waals surface area (Å²) in [5, 5.41) is -0.0802. The molecule has 2 unspecified atom stereocenters. The van der Waals surface area contributed by atoms with E-state index in [9.17, 15) is 9.18 Å². The van der Waals surface area contributed by atoms with Crippen LogP contribution in [0.4, 0.5) is 4.39 Å². The molecule has 0 N–H and O–H groups in total. The normalized spacial score (nSPS) is 14.4. The smallest absolute Gasteiger partial charge is 0.319 e. The molecule has 0 saturated carbocycles. The van der Waals surface area contributed by atoms with Gasteiger partial charge >= 0.3 is 5.97 Å². The molecule has 114 valence electrons. The molecule has 0 rings (SSSR count). The molecule has 0 aliphatic rings. The number of hydrogen-bond acceptors (Lipinski definition) is 3. The molecule has 0 fully saturated rings. The fourth-order valence-corrected chi connectivity index (χ4v) is 2.83. The Hall–Kier alpha value is -0.250. The number of hydrogen-bond donors (Lipinski definition) is 0. The minimum atomic E-state index is -0.696. The van der Waals surface area contributed by atoms with E-state index in [4.69, 9.17) is 4.74 Å². The van der Waals surface area contributed by atoms with E-state index < -0.39 is 6.17 Å². The largest absolute Gasteiger partial charge is 0.465 e. The highest BCUT2D eigenvalue weighted by atomic mass is 32.2. The summed E-state index contributed by atoms with van der Waals surface area (Å²) in [7, 11) is 0. The molecular weight excluding hydrogens is 263 g/mol. The van der Waals surface area contributed by atoms with Gasteiger partial charge in [-0.15, -0.1) is 11.8 Å². The Morgan fingerprint density at radius 3 is 2.47 bits per heavy atom. The second-order valence-corrected chi connectivity index (χ2v) is 6.63. The van der Waals surface area contributed by atoms with Crippen LogP contribution in [-0.2, 0) is 9.53 Å². The van der Waals surface area contributed by atoms with Gasteiger partial charge in [-0.05, 0) is 37.4 Å². The molecule has 0 aromatic carbocycles. The first-order chi connectivity index (χ1) is 9.01. The van der Waals surface area contributed by atoms with Crippen LogP contribution >= 0.6 is 11.8 Å². The number of carbonyl (C=O) groups excluding carboxylic acids is 1. The lowest BCUT2D eigenvalue weighted by Crippen LogP contribution is -2.22. The van der Waals surface area contributed by atoms with Crippen LogP contribution in [0.1, 0.15) is 59.8 Å². The molecule has 4 heteroatoms. The van der Waals surface area contributed by atoms with Crippen molar-refractivity contribution in [3.63, 3.8) is 0 Å². The first-order valence-electron chi connectivity index (χ1n) is 7.43. The van der Waals surface area contributed by atoms with Crippen LogP contribution in [-0.4, -0.2) is 29.8 Å². The fourth-order valence-electron chi connectivity index (χ4n) is 1.61. The topological polar surface area (TPSA) is 26.3 Å². The predicted octanol–water partition coefficient (Wildman–Crippen LogP) is 4.62. The SMILES string of the molecule is CCCC(SCCCC(F)CC)C(=O)OCC(C)C. The highest BCUT2D eigenvalue weighted by Gasteiger charge is 2.19. The third kappa shape index (κ3) is 10.2. The maximum atomic E-state index is 13.1. The lowest BCUT2D eigenvalue weighted by Gasteiger charge is -2.16. The molecule has 0 aliphatic heterocycles. The van der Waals surface area contributed by atoms with E-state index in [1.54, 1.807) is 11.8 Å². The predicted molar refractivity (Wildman–Crippen MR) is 81.4 cm³/mol. The van der Waals surface area contributed by atoms with Gasteiger partial charge in [-0.25, -0.2) is 4.39 Å². The highest BCUT2D eigenvalue weighted by Crippen LogP contribution is 2.21. The van der Waals surface area contributed by atoms with Gasteiger partial charge in [-0.1, -0.05) is 34.1 Å². The fraction of sp³-hybridized carbons (Fsp3) is 0.933. The van der Waals surface area contributed by atoms with Crippen molar-refractivity contribution in [3.8, 4) is 0 Å². The van der Waals surface area contributed by atoms with Gasteiger partial charge in [0.05, 0.1) is 12.8 Å². The molecule has 0 saturated heterocycles. The minimum absolute atomic E-state index is 0.0802. The summed E-state index contributed by atoms with van der Waals surface area (Å²) in [5.74, 6) is 1.10. The van der Waals surface area contributed by atoms with E-state index >= 15 is 0 Å². The van der Waals surface area contributed by atoms with Gasteiger partial charge < -0.3 is 4.74 Å². The van der Waals surface area contributed by atoms with Crippen molar-refractivity contribution in [2.75, 3.05) is 12.4 Å². The Morgan fingerprint density at radius 1 is 1.26 bits per heavy atom.